The van der Waals surface area contributed by atoms with Gasteiger partial charge >= 0.3 is 5.97 Å². The van der Waals surface area contributed by atoms with Gasteiger partial charge in [-0.25, -0.2) is 4.79 Å². The Kier molecular flexibility index (Phi) is 6.82. The van der Waals surface area contributed by atoms with Gasteiger partial charge in [-0.1, -0.05) is 42.5 Å². The van der Waals surface area contributed by atoms with Gasteiger partial charge in [0.15, 0.2) is 23.9 Å². The Morgan fingerprint density at radius 3 is 2.53 bits per heavy atom. The number of Topliss-reactive ketones (excluding diaryl/α,β-unsaturated/α-hetero) is 1. The number of ketones is 1. The summed E-state index contributed by atoms with van der Waals surface area (Å²) in [6.45, 7) is 1.70. The average molecular weight is 460 g/mol. The van der Waals surface area contributed by atoms with Crippen molar-refractivity contribution in [2.24, 2.45) is 0 Å². The van der Waals surface area contributed by atoms with E-state index >= 15 is 0 Å². The molecule has 0 radical (unpaired) electrons. The van der Waals surface area contributed by atoms with Crippen molar-refractivity contribution in [2.75, 3.05) is 20.8 Å². The molecule has 1 aliphatic heterocycles. The van der Waals surface area contributed by atoms with Crippen LogP contribution in [0.15, 0.2) is 66.4 Å². The zero-order valence-corrected chi connectivity index (χ0v) is 19.1. The molecule has 0 atom stereocenters. The lowest BCUT2D eigenvalue weighted by Crippen LogP contribution is -2.14. The molecular weight excluding hydrogens is 436 g/mol. The number of ether oxygens (including phenoxy) is 5. The third-order valence-corrected chi connectivity index (χ3v) is 5.26. The molecule has 174 valence electrons. The first-order chi connectivity index (χ1) is 16.5. The van der Waals surface area contributed by atoms with Crippen LogP contribution in [0, 0.1) is 6.92 Å². The maximum absolute atomic E-state index is 13.0. The van der Waals surface area contributed by atoms with Gasteiger partial charge in [0, 0.05) is 11.6 Å². The topological polar surface area (TPSA) is 80.3 Å². The zero-order valence-electron chi connectivity index (χ0n) is 19.1. The molecule has 3 aromatic rings. The van der Waals surface area contributed by atoms with Gasteiger partial charge < -0.3 is 23.7 Å². The maximum Gasteiger partial charge on any atom is 0.344 e. The predicted molar refractivity (Wildman–Crippen MR) is 125 cm³/mol. The van der Waals surface area contributed by atoms with Gasteiger partial charge in [-0.05, 0) is 36.3 Å². The number of allylic oxidation sites excluding steroid dienone is 1. The van der Waals surface area contributed by atoms with Crippen LogP contribution in [0.1, 0.15) is 27.0 Å². The summed E-state index contributed by atoms with van der Waals surface area (Å²) in [7, 11) is 3.08. The fourth-order valence-corrected chi connectivity index (χ4v) is 3.65. The van der Waals surface area contributed by atoms with E-state index in [-0.39, 0.29) is 24.8 Å². The zero-order chi connectivity index (χ0) is 24.1. The van der Waals surface area contributed by atoms with Gasteiger partial charge in [-0.2, -0.15) is 0 Å². The second kappa shape index (κ2) is 10.1. The average Bonchev–Trinajstić information content (AvgIpc) is 3.17. The largest absolute Gasteiger partial charge is 0.493 e. The summed E-state index contributed by atoms with van der Waals surface area (Å²) < 4.78 is 27.4. The summed E-state index contributed by atoms with van der Waals surface area (Å²) in [4.78, 5) is 25.1. The van der Waals surface area contributed by atoms with Crippen LogP contribution in [0.2, 0.25) is 0 Å². The van der Waals surface area contributed by atoms with Crippen molar-refractivity contribution >= 4 is 17.8 Å². The van der Waals surface area contributed by atoms with Crippen LogP contribution in [0.5, 0.6) is 23.0 Å². The third-order valence-electron chi connectivity index (χ3n) is 5.26. The van der Waals surface area contributed by atoms with E-state index in [0.717, 1.165) is 5.56 Å². The monoisotopic (exact) mass is 460 g/mol. The normalized spacial score (nSPS) is 13.3. The maximum atomic E-state index is 13.0. The fraction of sp³-hybridized carbons (Fsp3) is 0.185. The van der Waals surface area contributed by atoms with Crippen molar-refractivity contribution in [3.63, 3.8) is 0 Å². The smallest absolute Gasteiger partial charge is 0.344 e. The minimum atomic E-state index is -0.496. The molecule has 0 fully saturated rings. The van der Waals surface area contributed by atoms with E-state index in [4.69, 9.17) is 23.7 Å². The molecule has 3 aromatic carbocycles. The number of rotatable bonds is 8. The van der Waals surface area contributed by atoms with Crippen molar-refractivity contribution in [1.82, 2.24) is 0 Å². The Bertz CT molecular complexity index is 1250. The van der Waals surface area contributed by atoms with E-state index in [2.05, 4.69) is 0 Å². The lowest BCUT2D eigenvalue weighted by Gasteiger charge is -2.10. The van der Waals surface area contributed by atoms with Gasteiger partial charge in [-0.3, -0.25) is 4.79 Å². The molecule has 1 aliphatic rings. The van der Waals surface area contributed by atoms with E-state index in [1.807, 2.05) is 30.3 Å². The number of aryl methyl sites for hydroxylation is 1. The lowest BCUT2D eigenvalue weighted by molar-refractivity contribution is -0.147. The molecule has 0 bridgehead atoms. The second-order valence-electron chi connectivity index (χ2n) is 7.57. The van der Waals surface area contributed by atoms with Crippen molar-refractivity contribution in [3.8, 4) is 23.0 Å². The number of methoxy groups -OCH3 is 2. The molecule has 7 nitrogen and oxygen atoms in total. The van der Waals surface area contributed by atoms with Crippen LogP contribution in [-0.4, -0.2) is 32.6 Å². The fourth-order valence-electron chi connectivity index (χ4n) is 3.65. The molecular formula is C27H24O7. The summed E-state index contributed by atoms with van der Waals surface area (Å²) in [5, 5.41) is 0. The summed E-state index contributed by atoms with van der Waals surface area (Å²) in [5.41, 5.74) is 2.67. The molecule has 0 aromatic heterocycles. The molecule has 0 saturated heterocycles. The lowest BCUT2D eigenvalue weighted by atomic mass is 10.0. The van der Waals surface area contributed by atoms with E-state index in [0.29, 0.717) is 39.7 Å². The van der Waals surface area contributed by atoms with Gasteiger partial charge in [0.1, 0.15) is 18.1 Å². The van der Waals surface area contributed by atoms with Gasteiger partial charge in [-0.15, -0.1) is 0 Å². The summed E-state index contributed by atoms with van der Waals surface area (Å²) in [6.07, 6.45) is 1.62. The SMILES string of the molecule is COc1cccc(/C=C2\Oc3cc(OCC(=O)OCc4ccccc4)cc(C)c3C2=O)c1OC. The molecule has 0 spiro atoms. The number of esters is 1. The molecule has 0 amide bonds. The first kappa shape index (κ1) is 22.9. The molecule has 0 aliphatic carbocycles. The molecule has 0 saturated carbocycles. The highest BCUT2D eigenvalue weighted by Gasteiger charge is 2.30. The molecule has 34 heavy (non-hydrogen) atoms. The van der Waals surface area contributed by atoms with Crippen molar-refractivity contribution in [3.05, 3.63) is 88.7 Å². The van der Waals surface area contributed by atoms with Gasteiger partial charge in [0.05, 0.1) is 19.8 Å². The first-order valence-electron chi connectivity index (χ1n) is 10.6. The number of hydrogen-bond donors (Lipinski definition) is 0. The third kappa shape index (κ3) is 4.88. The first-order valence-corrected chi connectivity index (χ1v) is 10.6. The van der Waals surface area contributed by atoms with E-state index < -0.39 is 5.97 Å². The molecule has 1 heterocycles. The van der Waals surface area contributed by atoms with Crippen LogP contribution in [0.25, 0.3) is 6.08 Å². The van der Waals surface area contributed by atoms with Crippen molar-refractivity contribution < 1.29 is 33.3 Å². The standard InChI is InChI=1S/C27H24O7/c1-17-12-20(32-16-24(28)33-15-18-8-5-4-6-9-18)14-22-25(17)26(29)23(34-22)13-19-10-7-11-21(30-2)27(19)31-3/h4-14H,15-16H2,1-3H3/b23-13-. The quantitative estimate of drug-likeness (QED) is 0.354. The minimum absolute atomic E-state index is 0.157. The Morgan fingerprint density at radius 2 is 1.79 bits per heavy atom. The molecule has 0 N–H and O–H groups in total. The Balaban J connectivity index is 1.46. The molecule has 0 unspecified atom stereocenters. The van der Waals surface area contributed by atoms with Crippen molar-refractivity contribution in [1.29, 1.82) is 0 Å². The Hall–Kier alpha value is -4.26. The highest BCUT2D eigenvalue weighted by Crippen LogP contribution is 2.39. The number of hydrogen-bond acceptors (Lipinski definition) is 7. The summed E-state index contributed by atoms with van der Waals surface area (Å²) in [6, 6.07) is 18.1. The minimum Gasteiger partial charge on any atom is -0.493 e. The van der Waals surface area contributed by atoms with Crippen molar-refractivity contribution in [2.45, 2.75) is 13.5 Å². The van der Waals surface area contributed by atoms with Crippen LogP contribution < -0.4 is 18.9 Å². The Morgan fingerprint density at radius 1 is 1.00 bits per heavy atom. The highest BCUT2D eigenvalue weighted by atomic mass is 16.6. The molecule has 7 heteroatoms. The number of carbonyl (C=O) groups is 2. The number of fused-ring (bicyclic) bond motifs is 1. The van der Waals surface area contributed by atoms with E-state index in [1.165, 1.54) is 7.11 Å². The van der Waals surface area contributed by atoms with Crippen LogP contribution >= 0.6 is 0 Å². The summed E-state index contributed by atoms with van der Waals surface area (Å²) >= 11 is 0. The Labute approximate surface area is 197 Å². The van der Waals surface area contributed by atoms with Gasteiger partial charge in [0.2, 0.25) is 5.78 Å². The van der Waals surface area contributed by atoms with E-state index in [1.54, 1.807) is 50.4 Å². The molecule has 4 rings (SSSR count). The van der Waals surface area contributed by atoms with E-state index in [9.17, 15) is 9.59 Å². The van der Waals surface area contributed by atoms with Crippen LogP contribution in [0.4, 0.5) is 0 Å². The number of benzene rings is 3. The van der Waals surface area contributed by atoms with Gasteiger partial charge in [0.25, 0.3) is 0 Å². The van der Waals surface area contributed by atoms with Crippen LogP contribution in [0.3, 0.4) is 0 Å². The number of para-hydroxylation sites is 1. The summed E-state index contributed by atoms with van der Waals surface area (Å²) in [5.74, 6) is 1.23. The highest BCUT2D eigenvalue weighted by molar-refractivity contribution is 6.15. The second-order valence-corrected chi connectivity index (χ2v) is 7.57. The predicted octanol–water partition coefficient (Wildman–Crippen LogP) is 4.75. The van der Waals surface area contributed by atoms with Crippen LogP contribution in [-0.2, 0) is 16.1 Å². The number of carbonyl (C=O) groups excluding carboxylic acids is 2.